The maximum Gasteiger partial charge on any atom is 0.273 e. The van der Waals surface area contributed by atoms with E-state index in [1.165, 1.54) is 0 Å². The number of anilines is 1. The van der Waals surface area contributed by atoms with Crippen molar-refractivity contribution in [3.8, 4) is 0 Å². The lowest BCUT2D eigenvalue weighted by atomic mass is 10.1. The van der Waals surface area contributed by atoms with Gasteiger partial charge in [0.1, 0.15) is 0 Å². The number of halogens is 1. The molecule has 1 heterocycles. The summed E-state index contributed by atoms with van der Waals surface area (Å²) in [6, 6.07) is 5.19. The first-order valence-corrected chi connectivity index (χ1v) is 7.07. The molecule has 1 aliphatic rings. The van der Waals surface area contributed by atoms with Crippen molar-refractivity contribution in [3.05, 3.63) is 33.9 Å². The number of alkyl halides is 1. The first kappa shape index (κ1) is 12.5. The average molecular weight is 273 g/mol. The highest BCUT2D eigenvalue weighted by Crippen LogP contribution is 2.27. The van der Waals surface area contributed by atoms with Gasteiger partial charge in [0.05, 0.1) is 10.8 Å². The Labute approximate surface area is 109 Å². The number of hydrogen-bond acceptors (Lipinski definition) is 4. The van der Waals surface area contributed by atoms with Gasteiger partial charge < -0.3 is 4.90 Å². The molecular weight excluding hydrogens is 260 g/mol. The molecule has 0 bridgehead atoms. The van der Waals surface area contributed by atoms with Crippen molar-refractivity contribution in [1.82, 2.24) is 0 Å². The van der Waals surface area contributed by atoms with Crippen LogP contribution >= 0.6 is 23.4 Å². The standard InChI is InChI=1S/C11H13ClN2O2S/c12-8-9-7-10(1-2-11(9)14(15)16)13-3-5-17-6-4-13/h1-2,7H,3-6,8H2. The number of rotatable bonds is 3. The van der Waals surface area contributed by atoms with E-state index in [1.54, 1.807) is 6.07 Å². The van der Waals surface area contributed by atoms with Crippen LogP contribution in [0.2, 0.25) is 0 Å². The van der Waals surface area contributed by atoms with E-state index >= 15 is 0 Å². The van der Waals surface area contributed by atoms with E-state index in [1.807, 2.05) is 23.9 Å². The highest BCUT2D eigenvalue weighted by Gasteiger charge is 2.17. The average Bonchev–Trinajstić information content (AvgIpc) is 2.39. The third-order valence-electron chi connectivity index (χ3n) is 2.78. The number of thioether (sulfide) groups is 1. The van der Waals surface area contributed by atoms with Gasteiger partial charge >= 0.3 is 0 Å². The monoisotopic (exact) mass is 272 g/mol. The van der Waals surface area contributed by atoms with Crippen LogP contribution in [0, 0.1) is 10.1 Å². The van der Waals surface area contributed by atoms with Gasteiger partial charge in [0, 0.05) is 41.9 Å². The van der Waals surface area contributed by atoms with Crippen LogP contribution in [0.1, 0.15) is 5.56 Å². The summed E-state index contributed by atoms with van der Waals surface area (Å²) in [5, 5.41) is 10.8. The van der Waals surface area contributed by atoms with E-state index in [0.717, 1.165) is 30.3 Å². The summed E-state index contributed by atoms with van der Waals surface area (Å²) in [6.45, 7) is 1.98. The Balaban J connectivity index is 2.27. The second-order valence-electron chi connectivity index (χ2n) is 3.80. The van der Waals surface area contributed by atoms with E-state index in [4.69, 9.17) is 11.6 Å². The molecule has 0 N–H and O–H groups in total. The molecular formula is C11H13ClN2O2S. The first-order valence-electron chi connectivity index (χ1n) is 5.38. The molecule has 0 unspecified atom stereocenters. The smallest absolute Gasteiger partial charge is 0.273 e. The third kappa shape index (κ3) is 2.84. The van der Waals surface area contributed by atoms with Crippen molar-refractivity contribution < 1.29 is 4.92 Å². The minimum atomic E-state index is -0.381. The summed E-state index contributed by atoms with van der Waals surface area (Å²) >= 11 is 7.70. The molecule has 0 aromatic heterocycles. The number of nitro groups is 1. The van der Waals surface area contributed by atoms with E-state index < -0.39 is 0 Å². The van der Waals surface area contributed by atoms with Gasteiger partial charge in [0.25, 0.3) is 5.69 Å². The summed E-state index contributed by atoms with van der Waals surface area (Å²) in [4.78, 5) is 12.7. The van der Waals surface area contributed by atoms with Crippen LogP contribution in [0.25, 0.3) is 0 Å². The molecule has 17 heavy (non-hydrogen) atoms. The van der Waals surface area contributed by atoms with Gasteiger partial charge in [-0.2, -0.15) is 11.8 Å². The van der Waals surface area contributed by atoms with Crippen LogP contribution in [0.3, 0.4) is 0 Å². The molecule has 6 heteroatoms. The fourth-order valence-corrected chi connectivity index (χ4v) is 2.99. The molecule has 0 aliphatic carbocycles. The fraction of sp³-hybridized carbons (Fsp3) is 0.455. The van der Waals surface area contributed by atoms with Crippen molar-refractivity contribution in [2.24, 2.45) is 0 Å². The van der Waals surface area contributed by atoms with Gasteiger partial charge in [-0.15, -0.1) is 11.6 Å². The van der Waals surface area contributed by atoms with Gasteiger partial charge in [0.15, 0.2) is 0 Å². The van der Waals surface area contributed by atoms with E-state index in [9.17, 15) is 10.1 Å². The number of nitrogens with zero attached hydrogens (tertiary/aromatic N) is 2. The van der Waals surface area contributed by atoms with Crippen LogP contribution in [-0.4, -0.2) is 29.5 Å². The van der Waals surface area contributed by atoms with Crippen molar-refractivity contribution in [3.63, 3.8) is 0 Å². The Morgan fingerprint density at radius 3 is 2.71 bits per heavy atom. The Kier molecular flexibility index (Phi) is 4.12. The molecule has 92 valence electrons. The Bertz CT molecular complexity index is 422. The number of nitro benzene ring substituents is 1. The highest BCUT2D eigenvalue weighted by molar-refractivity contribution is 7.99. The summed E-state index contributed by atoms with van der Waals surface area (Å²) in [6.07, 6.45) is 0. The van der Waals surface area contributed by atoms with Gasteiger partial charge in [-0.3, -0.25) is 10.1 Å². The van der Waals surface area contributed by atoms with E-state index in [0.29, 0.717) is 5.56 Å². The zero-order valence-corrected chi connectivity index (χ0v) is 10.8. The second kappa shape index (κ2) is 5.60. The normalized spacial score (nSPS) is 15.9. The van der Waals surface area contributed by atoms with Crippen LogP contribution in [0.5, 0.6) is 0 Å². The Morgan fingerprint density at radius 1 is 1.41 bits per heavy atom. The molecule has 0 radical (unpaired) electrons. The fourth-order valence-electron chi connectivity index (χ4n) is 1.88. The Hall–Kier alpha value is -0.940. The topological polar surface area (TPSA) is 46.4 Å². The van der Waals surface area contributed by atoms with Gasteiger partial charge in [-0.25, -0.2) is 0 Å². The first-order chi connectivity index (χ1) is 8.22. The number of hydrogen-bond donors (Lipinski definition) is 0. The zero-order valence-electron chi connectivity index (χ0n) is 9.26. The van der Waals surface area contributed by atoms with E-state index in [-0.39, 0.29) is 16.5 Å². The minimum Gasteiger partial charge on any atom is -0.370 e. The molecule has 0 amide bonds. The SMILES string of the molecule is O=[N+]([O-])c1ccc(N2CCSCC2)cc1CCl. The lowest BCUT2D eigenvalue weighted by molar-refractivity contribution is -0.385. The lowest BCUT2D eigenvalue weighted by Crippen LogP contribution is -2.32. The summed E-state index contributed by atoms with van der Waals surface area (Å²) in [7, 11) is 0. The molecule has 1 fully saturated rings. The quantitative estimate of drug-likeness (QED) is 0.482. The maximum atomic E-state index is 10.8. The van der Waals surface area contributed by atoms with Crippen molar-refractivity contribution in [2.45, 2.75) is 5.88 Å². The minimum absolute atomic E-state index is 0.107. The Morgan fingerprint density at radius 2 is 2.12 bits per heavy atom. The number of benzene rings is 1. The molecule has 1 aliphatic heterocycles. The third-order valence-corrected chi connectivity index (χ3v) is 4.01. The van der Waals surface area contributed by atoms with Gasteiger partial charge in [0.2, 0.25) is 0 Å². The summed E-state index contributed by atoms with van der Waals surface area (Å²) in [5.74, 6) is 2.38. The van der Waals surface area contributed by atoms with Gasteiger partial charge in [-0.05, 0) is 12.1 Å². The van der Waals surface area contributed by atoms with Crippen molar-refractivity contribution >= 4 is 34.7 Å². The lowest BCUT2D eigenvalue weighted by Gasteiger charge is -2.28. The summed E-state index contributed by atoms with van der Waals surface area (Å²) in [5.41, 5.74) is 1.73. The molecule has 0 saturated carbocycles. The van der Waals surface area contributed by atoms with Crippen LogP contribution < -0.4 is 4.90 Å². The van der Waals surface area contributed by atoms with E-state index in [2.05, 4.69) is 4.90 Å². The molecule has 4 nitrogen and oxygen atoms in total. The molecule has 0 atom stereocenters. The molecule has 1 aromatic carbocycles. The molecule has 1 saturated heterocycles. The molecule has 0 spiro atoms. The van der Waals surface area contributed by atoms with Crippen LogP contribution in [0.15, 0.2) is 18.2 Å². The molecule has 1 aromatic rings. The zero-order chi connectivity index (χ0) is 12.3. The van der Waals surface area contributed by atoms with Crippen molar-refractivity contribution in [2.75, 3.05) is 29.5 Å². The predicted octanol–water partition coefficient (Wildman–Crippen LogP) is 2.89. The van der Waals surface area contributed by atoms with Gasteiger partial charge in [-0.1, -0.05) is 0 Å². The van der Waals surface area contributed by atoms with Crippen LogP contribution in [-0.2, 0) is 5.88 Å². The maximum absolute atomic E-state index is 10.8. The summed E-state index contributed by atoms with van der Waals surface area (Å²) < 4.78 is 0. The molecule has 2 rings (SSSR count). The van der Waals surface area contributed by atoms with Crippen molar-refractivity contribution in [1.29, 1.82) is 0 Å². The highest BCUT2D eigenvalue weighted by atomic mass is 35.5. The second-order valence-corrected chi connectivity index (χ2v) is 5.30. The predicted molar refractivity (Wildman–Crippen MR) is 72.2 cm³/mol. The largest absolute Gasteiger partial charge is 0.370 e. The van der Waals surface area contributed by atoms with Crippen LogP contribution in [0.4, 0.5) is 11.4 Å².